The van der Waals surface area contributed by atoms with E-state index in [1.165, 1.54) is 0 Å². The van der Waals surface area contributed by atoms with Gasteiger partial charge in [-0.05, 0) is 19.4 Å². The first kappa shape index (κ1) is 9.71. The van der Waals surface area contributed by atoms with Crippen molar-refractivity contribution in [1.29, 1.82) is 0 Å². The fourth-order valence-electron chi connectivity index (χ4n) is 0.961. The minimum Gasteiger partial charge on any atom is -0.385 e. The molecule has 0 spiro atoms. The third-order valence-corrected chi connectivity index (χ3v) is 2.28. The van der Waals surface area contributed by atoms with Crippen molar-refractivity contribution in [1.82, 2.24) is 0 Å². The second kappa shape index (κ2) is 3.17. The van der Waals surface area contributed by atoms with Crippen LogP contribution >= 0.6 is 0 Å². The molecule has 1 fully saturated rings. The topological polar surface area (TPSA) is 38.7 Å². The van der Waals surface area contributed by atoms with Crippen LogP contribution in [-0.4, -0.2) is 29.7 Å². The Labute approximate surface area is 73.0 Å². The van der Waals surface area contributed by atoms with Crippen molar-refractivity contribution in [3.05, 3.63) is 12.7 Å². The van der Waals surface area contributed by atoms with Crippen molar-refractivity contribution >= 4 is 0 Å². The zero-order valence-corrected chi connectivity index (χ0v) is 7.67. The first-order valence-corrected chi connectivity index (χ1v) is 4.17. The molecule has 0 aromatic rings. The van der Waals surface area contributed by atoms with E-state index in [0.717, 1.165) is 0 Å². The third-order valence-electron chi connectivity index (χ3n) is 2.28. The van der Waals surface area contributed by atoms with Crippen molar-refractivity contribution in [2.45, 2.75) is 31.7 Å². The molecule has 1 heterocycles. The Balaban J connectivity index is 2.55. The van der Waals surface area contributed by atoms with Crippen LogP contribution in [0.4, 0.5) is 0 Å². The molecule has 0 aliphatic carbocycles. The molecule has 0 aromatic carbocycles. The summed E-state index contributed by atoms with van der Waals surface area (Å²) in [5.74, 6) is -0.721. The van der Waals surface area contributed by atoms with Crippen LogP contribution < -0.4 is 0 Å². The maximum atomic E-state index is 9.72. The molecular formula is C9H16O3. The number of rotatable bonds is 2. The minimum absolute atomic E-state index is 0.312. The van der Waals surface area contributed by atoms with Gasteiger partial charge in [0.2, 0.25) is 0 Å². The standard InChI is InChI=1S/C9H16O3/c1-4-8(3)11-6-9(10,5-2)7-12-8/h4,10H,1,5-7H2,2-3H3. The Morgan fingerprint density at radius 3 is 2.33 bits per heavy atom. The van der Waals surface area contributed by atoms with Crippen LogP contribution in [0, 0.1) is 0 Å². The lowest BCUT2D eigenvalue weighted by molar-refractivity contribution is -0.286. The largest absolute Gasteiger partial charge is 0.385 e. The number of ether oxygens (including phenoxy) is 2. The van der Waals surface area contributed by atoms with Gasteiger partial charge in [0, 0.05) is 0 Å². The summed E-state index contributed by atoms with van der Waals surface area (Å²) in [6, 6.07) is 0. The molecule has 0 unspecified atom stereocenters. The van der Waals surface area contributed by atoms with Gasteiger partial charge in [-0.2, -0.15) is 0 Å². The van der Waals surface area contributed by atoms with Gasteiger partial charge >= 0.3 is 0 Å². The molecule has 1 rings (SSSR count). The normalized spacial score (nSPS) is 42.6. The smallest absolute Gasteiger partial charge is 0.184 e. The molecule has 3 heteroatoms. The van der Waals surface area contributed by atoms with Crippen molar-refractivity contribution in [2.24, 2.45) is 0 Å². The molecule has 0 radical (unpaired) electrons. The second-order valence-corrected chi connectivity index (χ2v) is 3.38. The average Bonchev–Trinajstić information content (AvgIpc) is 2.11. The Morgan fingerprint density at radius 2 is 2.00 bits per heavy atom. The molecular weight excluding hydrogens is 156 g/mol. The van der Waals surface area contributed by atoms with Crippen LogP contribution in [0.3, 0.4) is 0 Å². The van der Waals surface area contributed by atoms with Gasteiger partial charge in [0.25, 0.3) is 0 Å². The van der Waals surface area contributed by atoms with Crippen molar-refractivity contribution in [3.8, 4) is 0 Å². The zero-order valence-electron chi connectivity index (χ0n) is 7.67. The molecule has 70 valence electrons. The van der Waals surface area contributed by atoms with Crippen molar-refractivity contribution < 1.29 is 14.6 Å². The highest BCUT2D eigenvalue weighted by atomic mass is 16.7. The molecule has 0 bridgehead atoms. The first-order chi connectivity index (χ1) is 5.54. The van der Waals surface area contributed by atoms with E-state index >= 15 is 0 Å². The van der Waals surface area contributed by atoms with E-state index < -0.39 is 11.4 Å². The Hall–Kier alpha value is -0.380. The number of hydrogen-bond acceptors (Lipinski definition) is 3. The van der Waals surface area contributed by atoms with Gasteiger partial charge < -0.3 is 14.6 Å². The van der Waals surface area contributed by atoms with Crippen LogP contribution in [0.2, 0.25) is 0 Å². The summed E-state index contributed by atoms with van der Waals surface area (Å²) >= 11 is 0. The van der Waals surface area contributed by atoms with E-state index in [1.54, 1.807) is 13.0 Å². The van der Waals surface area contributed by atoms with Gasteiger partial charge in [0.1, 0.15) is 5.60 Å². The second-order valence-electron chi connectivity index (χ2n) is 3.38. The lowest BCUT2D eigenvalue weighted by Gasteiger charge is -2.40. The molecule has 1 N–H and O–H groups in total. The van der Waals surface area contributed by atoms with Crippen LogP contribution in [-0.2, 0) is 9.47 Å². The van der Waals surface area contributed by atoms with E-state index in [1.807, 2.05) is 6.92 Å². The predicted molar refractivity (Wildman–Crippen MR) is 45.7 cm³/mol. The van der Waals surface area contributed by atoms with Gasteiger partial charge in [-0.15, -0.1) is 0 Å². The molecule has 0 amide bonds. The van der Waals surface area contributed by atoms with Crippen LogP contribution in [0.1, 0.15) is 20.3 Å². The summed E-state index contributed by atoms with van der Waals surface area (Å²) in [7, 11) is 0. The lowest BCUT2D eigenvalue weighted by Crippen LogP contribution is -2.51. The van der Waals surface area contributed by atoms with Crippen LogP contribution in [0.15, 0.2) is 12.7 Å². The Kier molecular flexibility index (Phi) is 2.56. The molecule has 0 atom stereocenters. The summed E-state index contributed by atoms with van der Waals surface area (Å²) in [5, 5.41) is 9.72. The van der Waals surface area contributed by atoms with E-state index in [2.05, 4.69) is 6.58 Å². The number of hydrogen-bond donors (Lipinski definition) is 1. The van der Waals surface area contributed by atoms with Crippen molar-refractivity contribution in [2.75, 3.05) is 13.2 Å². The van der Waals surface area contributed by atoms with Crippen molar-refractivity contribution in [3.63, 3.8) is 0 Å². The highest BCUT2D eigenvalue weighted by Gasteiger charge is 2.37. The average molecular weight is 172 g/mol. The molecule has 1 aliphatic rings. The highest BCUT2D eigenvalue weighted by Crippen LogP contribution is 2.26. The van der Waals surface area contributed by atoms with E-state index in [9.17, 15) is 5.11 Å². The molecule has 0 saturated carbocycles. The first-order valence-electron chi connectivity index (χ1n) is 4.17. The summed E-state index contributed by atoms with van der Waals surface area (Å²) in [6.45, 7) is 7.91. The van der Waals surface area contributed by atoms with Gasteiger partial charge in [-0.1, -0.05) is 13.5 Å². The monoisotopic (exact) mass is 172 g/mol. The Bertz CT molecular complexity index is 169. The van der Waals surface area contributed by atoms with Crippen LogP contribution in [0.25, 0.3) is 0 Å². The SMILES string of the molecule is C=CC1(C)OCC(O)(CC)CO1. The highest BCUT2D eigenvalue weighted by molar-refractivity contribution is 4.92. The van der Waals surface area contributed by atoms with E-state index in [0.29, 0.717) is 19.6 Å². The van der Waals surface area contributed by atoms with E-state index in [-0.39, 0.29) is 0 Å². The summed E-state index contributed by atoms with van der Waals surface area (Å²) in [5.41, 5.74) is -0.817. The maximum absolute atomic E-state index is 9.72. The van der Waals surface area contributed by atoms with E-state index in [4.69, 9.17) is 9.47 Å². The summed E-state index contributed by atoms with van der Waals surface area (Å²) < 4.78 is 10.7. The molecule has 3 nitrogen and oxygen atoms in total. The summed E-state index contributed by atoms with van der Waals surface area (Å²) in [6.07, 6.45) is 2.24. The van der Waals surface area contributed by atoms with Gasteiger partial charge in [-0.25, -0.2) is 0 Å². The number of aliphatic hydroxyl groups is 1. The maximum Gasteiger partial charge on any atom is 0.184 e. The quantitative estimate of drug-likeness (QED) is 0.633. The fourth-order valence-corrected chi connectivity index (χ4v) is 0.961. The molecule has 0 aromatic heterocycles. The van der Waals surface area contributed by atoms with Gasteiger partial charge in [0.05, 0.1) is 13.2 Å². The predicted octanol–water partition coefficient (Wildman–Crippen LogP) is 1.08. The molecule has 1 aliphatic heterocycles. The lowest BCUT2D eigenvalue weighted by atomic mass is 10.0. The van der Waals surface area contributed by atoms with Crippen LogP contribution in [0.5, 0.6) is 0 Å². The Morgan fingerprint density at radius 1 is 1.50 bits per heavy atom. The minimum atomic E-state index is -0.817. The van der Waals surface area contributed by atoms with Gasteiger partial charge in [-0.3, -0.25) is 0 Å². The summed E-state index contributed by atoms with van der Waals surface area (Å²) in [4.78, 5) is 0. The zero-order chi connectivity index (χ0) is 9.24. The van der Waals surface area contributed by atoms with Gasteiger partial charge in [0.15, 0.2) is 5.79 Å². The fraction of sp³-hybridized carbons (Fsp3) is 0.778. The third kappa shape index (κ3) is 1.86. The molecule has 12 heavy (non-hydrogen) atoms. The molecule has 1 saturated heterocycles.